The topological polar surface area (TPSA) is 24.9 Å². The van der Waals surface area contributed by atoms with E-state index in [1.54, 1.807) is 0 Å². The van der Waals surface area contributed by atoms with Gasteiger partial charge in [0.05, 0.1) is 0 Å². The van der Waals surface area contributed by atoms with E-state index in [-0.39, 0.29) is 0 Å². The lowest BCUT2D eigenvalue weighted by atomic mass is 10.0. The van der Waals surface area contributed by atoms with Gasteiger partial charge in [-0.25, -0.2) is 0 Å². The van der Waals surface area contributed by atoms with Gasteiger partial charge in [-0.1, -0.05) is 45.6 Å². The first-order chi connectivity index (χ1) is 9.36. The summed E-state index contributed by atoms with van der Waals surface area (Å²) in [4.78, 5) is 4.19. The van der Waals surface area contributed by atoms with Crippen molar-refractivity contribution in [1.82, 2.24) is 10.3 Å². The molecule has 1 aromatic rings. The Bertz CT molecular complexity index is 297. The van der Waals surface area contributed by atoms with Crippen LogP contribution in [0.1, 0.15) is 64.4 Å². The maximum Gasteiger partial charge on any atom is 0.0299 e. The molecule has 0 fully saturated rings. The molecule has 0 spiro atoms. The maximum absolute atomic E-state index is 4.19. The van der Waals surface area contributed by atoms with Crippen LogP contribution in [0, 0.1) is 0 Å². The van der Waals surface area contributed by atoms with Gasteiger partial charge in [-0.2, -0.15) is 0 Å². The Hall–Kier alpha value is -0.890. The molecule has 1 aromatic heterocycles. The Kier molecular flexibility index (Phi) is 9.34. The monoisotopic (exact) mass is 262 g/mol. The average Bonchev–Trinajstić information content (AvgIpc) is 2.46. The number of pyridine rings is 1. The van der Waals surface area contributed by atoms with E-state index in [9.17, 15) is 0 Å². The molecule has 1 unspecified atom stereocenters. The van der Waals surface area contributed by atoms with E-state index < -0.39 is 0 Å². The van der Waals surface area contributed by atoms with Gasteiger partial charge in [-0.15, -0.1) is 0 Å². The summed E-state index contributed by atoms with van der Waals surface area (Å²) in [5, 5.41) is 3.70. The summed E-state index contributed by atoms with van der Waals surface area (Å²) >= 11 is 0. The maximum atomic E-state index is 4.19. The second kappa shape index (κ2) is 11.0. The second-order valence-corrected chi connectivity index (χ2v) is 5.40. The quantitative estimate of drug-likeness (QED) is 0.600. The standard InChI is InChI=1S/C17H30N2/c1-3-5-6-7-10-17(19-13-4-2)12-11-16-9-8-14-18-15-16/h8-9,14-15,17,19H,3-7,10-13H2,1-2H3. The van der Waals surface area contributed by atoms with Gasteiger partial charge < -0.3 is 5.32 Å². The van der Waals surface area contributed by atoms with Crippen molar-refractivity contribution in [2.75, 3.05) is 6.54 Å². The van der Waals surface area contributed by atoms with Crippen LogP contribution in [0.3, 0.4) is 0 Å². The summed E-state index contributed by atoms with van der Waals surface area (Å²) in [5.41, 5.74) is 1.36. The molecule has 0 aliphatic heterocycles. The molecule has 0 bridgehead atoms. The number of nitrogens with one attached hydrogen (secondary N) is 1. The highest BCUT2D eigenvalue weighted by atomic mass is 14.9. The van der Waals surface area contributed by atoms with Crippen LogP contribution < -0.4 is 5.32 Å². The molecule has 0 aliphatic carbocycles. The van der Waals surface area contributed by atoms with Crippen molar-refractivity contribution in [3.63, 3.8) is 0 Å². The fraction of sp³-hybridized carbons (Fsp3) is 0.706. The molecule has 0 radical (unpaired) electrons. The Labute approximate surface area is 119 Å². The van der Waals surface area contributed by atoms with Crippen molar-refractivity contribution < 1.29 is 0 Å². The molecule has 0 saturated heterocycles. The number of hydrogen-bond acceptors (Lipinski definition) is 2. The lowest BCUT2D eigenvalue weighted by Crippen LogP contribution is -2.30. The molecular formula is C17H30N2. The van der Waals surface area contributed by atoms with Crippen LogP contribution in [0.15, 0.2) is 24.5 Å². The number of nitrogens with zero attached hydrogens (tertiary/aromatic N) is 1. The number of aromatic nitrogens is 1. The molecular weight excluding hydrogens is 232 g/mol. The Morgan fingerprint density at radius 1 is 1.11 bits per heavy atom. The van der Waals surface area contributed by atoms with E-state index in [0.29, 0.717) is 6.04 Å². The van der Waals surface area contributed by atoms with Gasteiger partial charge >= 0.3 is 0 Å². The van der Waals surface area contributed by atoms with E-state index in [1.165, 1.54) is 50.5 Å². The van der Waals surface area contributed by atoms with Crippen LogP contribution in [0.5, 0.6) is 0 Å². The fourth-order valence-electron chi connectivity index (χ4n) is 2.40. The first-order valence-corrected chi connectivity index (χ1v) is 7.99. The summed E-state index contributed by atoms with van der Waals surface area (Å²) in [6.45, 7) is 5.66. The lowest BCUT2D eigenvalue weighted by Gasteiger charge is -2.18. The van der Waals surface area contributed by atoms with E-state index in [2.05, 4.69) is 30.2 Å². The Morgan fingerprint density at radius 3 is 2.68 bits per heavy atom. The zero-order valence-electron chi connectivity index (χ0n) is 12.7. The third-order valence-electron chi connectivity index (χ3n) is 3.59. The minimum absolute atomic E-state index is 0.678. The second-order valence-electron chi connectivity index (χ2n) is 5.40. The predicted octanol–water partition coefficient (Wildman–Crippen LogP) is 4.35. The largest absolute Gasteiger partial charge is 0.314 e. The van der Waals surface area contributed by atoms with Gasteiger partial charge in [0.2, 0.25) is 0 Å². The van der Waals surface area contributed by atoms with Crippen molar-refractivity contribution in [3.8, 4) is 0 Å². The normalized spacial score (nSPS) is 12.5. The van der Waals surface area contributed by atoms with Gasteiger partial charge in [-0.3, -0.25) is 4.98 Å². The lowest BCUT2D eigenvalue weighted by molar-refractivity contribution is 0.432. The molecule has 1 rings (SSSR count). The van der Waals surface area contributed by atoms with E-state index in [1.807, 2.05) is 18.5 Å². The van der Waals surface area contributed by atoms with Crippen molar-refractivity contribution in [2.45, 2.75) is 71.3 Å². The van der Waals surface area contributed by atoms with Crippen molar-refractivity contribution >= 4 is 0 Å². The molecule has 19 heavy (non-hydrogen) atoms. The molecule has 0 amide bonds. The van der Waals surface area contributed by atoms with Gasteiger partial charge in [0.25, 0.3) is 0 Å². The number of aryl methyl sites for hydroxylation is 1. The van der Waals surface area contributed by atoms with Crippen LogP contribution in [-0.4, -0.2) is 17.6 Å². The van der Waals surface area contributed by atoms with Crippen molar-refractivity contribution in [3.05, 3.63) is 30.1 Å². The third-order valence-corrected chi connectivity index (χ3v) is 3.59. The third kappa shape index (κ3) is 7.99. The van der Waals surface area contributed by atoms with Crippen molar-refractivity contribution in [1.29, 1.82) is 0 Å². The molecule has 2 heteroatoms. The average molecular weight is 262 g/mol. The highest BCUT2D eigenvalue weighted by Gasteiger charge is 2.07. The SMILES string of the molecule is CCCCCCC(CCc1cccnc1)NCCC. The summed E-state index contributed by atoms with van der Waals surface area (Å²) in [6, 6.07) is 4.89. The predicted molar refractivity (Wildman–Crippen MR) is 83.4 cm³/mol. The summed E-state index contributed by atoms with van der Waals surface area (Å²) in [5.74, 6) is 0. The van der Waals surface area contributed by atoms with Gasteiger partial charge in [0.1, 0.15) is 0 Å². The summed E-state index contributed by atoms with van der Waals surface area (Å²) in [6.07, 6.45) is 14.2. The smallest absolute Gasteiger partial charge is 0.0299 e. The first-order valence-electron chi connectivity index (χ1n) is 7.99. The minimum Gasteiger partial charge on any atom is -0.314 e. The number of hydrogen-bond donors (Lipinski definition) is 1. The zero-order chi connectivity index (χ0) is 13.8. The fourth-order valence-corrected chi connectivity index (χ4v) is 2.40. The van der Waals surface area contributed by atoms with Gasteiger partial charge in [0.15, 0.2) is 0 Å². The molecule has 2 nitrogen and oxygen atoms in total. The van der Waals surface area contributed by atoms with E-state index >= 15 is 0 Å². The number of unbranched alkanes of at least 4 members (excludes halogenated alkanes) is 3. The summed E-state index contributed by atoms with van der Waals surface area (Å²) in [7, 11) is 0. The first kappa shape index (κ1) is 16.2. The molecule has 0 aliphatic rings. The summed E-state index contributed by atoms with van der Waals surface area (Å²) < 4.78 is 0. The van der Waals surface area contributed by atoms with Crippen LogP contribution in [0.4, 0.5) is 0 Å². The molecule has 108 valence electrons. The molecule has 1 heterocycles. The van der Waals surface area contributed by atoms with Gasteiger partial charge in [-0.05, 0) is 43.9 Å². The van der Waals surface area contributed by atoms with E-state index in [4.69, 9.17) is 0 Å². The number of rotatable bonds is 11. The molecule has 0 aromatic carbocycles. The molecule has 0 saturated carbocycles. The Morgan fingerprint density at radius 2 is 2.00 bits per heavy atom. The highest BCUT2D eigenvalue weighted by molar-refractivity contribution is 5.08. The minimum atomic E-state index is 0.678. The zero-order valence-corrected chi connectivity index (χ0v) is 12.7. The molecule has 1 atom stereocenters. The van der Waals surface area contributed by atoms with E-state index in [0.717, 1.165) is 13.0 Å². The van der Waals surface area contributed by atoms with Crippen LogP contribution in [-0.2, 0) is 6.42 Å². The van der Waals surface area contributed by atoms with Crippen molar-refractivity contribution in [2.24, 2.45) is 0 Å². The molecule has 1 N–H and O–H groups in total. The van der Waals surface area contributed by atoms with Gasteiger partial charge in [0, 0.05) is 18.4 Å². The van der Waals surface area contributed by atoms with Crippen LogP contribution in [0.25, 0.3) is 0 Å². The van der Waals surface area contributed by atoms with Crippen LogP contribution in [0.2, 0.25) is 0 Å². The highest BCUT2D eigenvalue weighted by Crippen LogP contribution is 2.11. The van der Waals surface area contributed by atoms with Crippen LogP contribution >= 0.6 is 0 Å². The Balaban J connectivity index is 2.27.